The van der Waals surface area contributed by atoms with Gasteiger partial charge < -0.3 is 20.4 Å². The zero-order valence-corrected chi connectivity index (χ0v) is 11.5. The minimum atomic E-state index is -0.00840. The molecular formula is C15H17N3O3. The molecule has 1 aliphatic rings. The maximum atomic E-state index is 8.92. The number of ether oxygens (including phenoxy) is 2. The molecular weight excluding hydrogens is 270 g/mol. The summed E-state index contributed by atoms with van der Waals surface area (Å²) in [6.07, 6.45) is 0.979. The van der Waals surface area contributed by atoms with Gasteiger partial charge in [-0.15, -0.1) is 0 Å². The molecule has 1 aromatic carbocycles. The summed E-state index contributed by atoms with van der Waals surface area (Å²) in [6, 6.07) is 9.46. The Morgan fingerprint density at radius 2 is 2.33 bits per heavy atom. The number of oxime groups is 1. The van der Waals surface area contributed by atoms with E-state index in [4.69, 9.17) is 20.4 Å². The molecule has 2 heterocycles. The summed E-state index contributed by atoms with van der Waals surface area (Å²) in [6.45, 7) is 1.98. The standard InChI is InChI=1S/C15H17N3O3/c16-14(18-19)12-7-11-3-1-2-4-13(11)17-15(12)21-9-10-5-6-20-8-10/h1-4,7,10,19H,5-6,8-9H2,(H2,16,18). The normalized spacial score (nSPS) is 19.0. The van der Waals surface area contributed by atoms with Crippen LogP contribution in [0, 0.1) is 5.92 Å². The van der Waals surface area contributed by atoms with Crippen LogP contribution >= 0.6 is 0 Å². The van der Waals surface area contributed by atoms with Gasteiger partial charge in [0.2, 0.25) is 5.88 Å². The average molecular weight is 287 g/mol. The Morgan fingerprint density at radius 3 is 3.10 bits per heavy atom. The second kappa shape index (κ2) is 5.97. The van der Waals surface area contributed by atoms with Crippen LogP contribution in [0.25, 0.3) is 10.9 Å². The summed E-state index contributed by atoms with van der Waals surface area (Å²) in [5.41, 5.74) is 7.03. The lowest BCUT2D eigenvalue weighted by atomic mass is 10.1. The molecule has 1 saturated heterocycles. The number of nitrogens with zero attached hydrogens (tertiary/aromatic N) is 2. The highest BCUT2D eigenvalue weighted by Gasteiger charge is 2.19. The van der Waals surface area contributed by atoms with Crippen molar-refractivity contribution in [3.63, 3.8) is 0 Å². The first-order chi connectivity index (χ1) is 10.3. The predicted octanol–water partition coefficient (Wildman–Crippen LogP) is 1.74. The molecule has 110 valence electrons. The van der Waals surface area contributed by atoms with Crippen LogP contribution in [0.3, 0.4) is 0 Å². The smallest absolute Gasteiger partial charge is 0.225 e. The molecule has 0 amide bonds. The van der Waals surface area contributed by atoms with E-state index in [9.17, 15) is 0 Å². The van der Waals surface area contributed by atoms with E-state index in [0.717, 1.165) is 23.9 Å². The van der Waals surface area contributed by atoms with Crippen molar-refractivity contribution in [3.8, 4) is 5.88 Å². The van der Waals surface area contributed by atoms with E-state index in [1.54, 1.807) is 0 Å². The lowest BCUT2D eigenvalue weighted by Gasteiger charge is -2.13. The van der Waals surface area contributed by atoms with Crippen molar-refractivity contribution in [1.82, 2.24) is 4.98 Å². The van der Waals surface area contributed by atoms with Crippen LogP contribution in [-0.2, 0) is 4.74 Å². The summed E-state index contributed by atoms with van der Waals surface area (Å²) in [4.78, 5) is 4.47. The van der Waals surface area contributed by atoms with Gasteiger partial charge >= 0.3 is 0 Å². The second-order valence-electron chi connectivity index (χ2n) is 5.06. The molecule has 0 bridgehead atoms. The van der Waals surface area contributed by atoms with Gasteiger partial charge in [-0.2, -0.15) is 0 Å². The quantitative estimate of drug-likeness (QED) is 0.387. The van der Waals surface area contributed by atoms with Crippen molar-refractivity contribution >= 4 is 16.7 Å². The number of para-hydroxylation sites is 1. The molecule has 1 fully saturated rings. The third-order valence-electron chi connectivity index (χ3n) is 3.55. The average Bonchev–Trinajstić information content (AvgIpc) is 3.04. The molecule has 1 unspecified atom stereocenters. The highest BCUT2D eigenvalue weighted by Crippen LogP contribution is 2.23. The largest absolute Gasteiger partial charge is 0.477 e. The molecule has 1 aromatic heterocycles. The van der Waals surface area contributed by atoms with Gasteiger partial charge in [-0.25, -0.2) is 4.98 Å². The monoisotopic (exact) mass is 287 g/mol. The number of aromatic nitrogens is 1. The number of amidine groups is 1. The van der Waals surface area contributed by atoms with Gasteiger partial charge in [0, 0.05) is 17.9 Å². The summed E-state index contributed by atoms with van der Waals surface area (Å²) in [5.74, 6) is 0.736. The molecule has 1 aliphatic heterocycles. The van der Waals surface area contributed by atoms with E-state index in [1.807, 2.05) is 30.3 Å². The van der Waals surface area contributed by atoms with Crippen LogP contribution in [0.1, 0.15) is 12.0 Å². The molecule has 2 aromatic rings. The number of pyridine rings is 1. The van der Waals surface area contributed by atoms with Crippen LogP contribution < -0.4 is 10.5 Å². The van der Waals surface area contributed by atoms with Gasteiger partial charge in [-0.3, -0.25) is 0 Å². The minimum absolute atomic E-state index is 0.00840. The summed E-state index contributed by atoms with van der Waals surface area (Å²) >= 11 is 0. The zero-order valence-electron chi connectivity index (χ0n) is 11.5. The molecule has 6 nitrogen and oxygen atoms in total. The van der Waals surface area contributed by atoms with Crippen molar-refractivity contribution in [2.75, 3.05) is 19.8 Å². The highest BCUT2D eigenvalue weighted by molar-refractivity contribution is 6.02. The second-order valence-corrected chi connectivity index (χ2v) is 5.06. The zero-order chi connectivity index (χ0) is 14.7. The van der Waals surface area contributed by atoms with Crippen molar-refractivity contribution < 1.29 is 14.7 Å². The van der Waals surface area contributed by atoms with Gasteiger partial charge in [0.25, 0.3) is 0 Å². The Bertz CT molecular complexity index is 666. The molecule has 0 saturated carbocycles. The van der Waals surface area contributed by atoms with Crippen molar-refractivity contribution in [2.45, 2.75) is 6.42 Å². The van der Waals surface area contributed by atoms with Crippen LogP contribution in [-0.4, -0.2) is 35.8 Å². The summed E-state index contributed by atoms with van der Waals surface area (Å²) < 4.78 is 11.1. The predicted molar refractivity (Wildman–Crippen MR) is 78.7 cm³/mol. The van der Waals surface area contributed by atoms with E-state index in [1.165, 1.54) is 0 Å². The van der Waals surface area contributed by atoms with Crippen molar-refractivity contribution in [1.29, 1.82) is 0 Å². The van der Waals surface area contributed by atoms with E-state index >= 15 is 0 Å². The topological polar surface area (TPSA) is 90.0 Å². The first-order valence-electron chi connectivity index (χ1n) is 6.86. The van der Waals surface area contributed by atoms with Crippen LogP contribution in [0.4, 0.5) is 0 Å². The maximum absolute atomic E-state index is 8.92. The number of hydrogen-bond acceptors (Lipinski definition) is 5. The van der Waals surface area contributed by atoms with Crippen LogP contribution in [0.2, 0.25) is 0 Å². The minimum Gasteiger partial charge on any atom is -0.477 e. The Hall–Kier alpha value is -2.34. The molecule has 0 aliphatic carbocycles. The Balaban J connectivity index is 1.93. The third-order valence-corrected chi connectivity index (χ3v) is 3.55. The molecule has 21 heavy (non-hydrogen) atoms. The first-order valence-corrected chi connectivity index (χ1v) is 6.86. The highest BCUT2D eigenvalue weighted by atomic mass is 16.5. The fourth-order valence-corrected chi connectivity index (χ4v) is 2.36. The molecule has 3 rings (SSSR count). The number of nitrogens with two attached hydrogens (primary N) is 1. The summed E-state index contributed by atoms with van der Waals surface area (Å²) in [5, 5.41) is 12.9. The van der Waals surface area contributed by atoms with E-state index in [-0.39, 0.29) is 5.84 Å². The van der Waals surface area contributed by atoms with Crippen molar-refractivity contribution in [2.24, 2.45) is 16.8 Å². The van der Waals surface area contributed by atoms with E-state index in [0.29, 0.717) is 30.6 Å². The van der Waals surface area contributed by atoms with E-state index < -0.39 is 0 Å². The van der Waals surface area contributed by atoms with Crippen molar-refractivity contribution in [3.05, 3.63) is 35.9 Å². The molecule has 1 atom stereocenters. The number of hydrogen-bond donors (Lipinski definition) is 2. The SMILES string of the molecule is NC(=NO)c1cc2ccccc2nc1OCC1CCOC1. The molecule has 0 radical (unpaired) electrons. The van der Waals surface area contributed by atoms with E-state index in [2.05, 4.69) is 10.1 Å². The Morgan fingerprint density at radius 1 is 1.48 bits per heavy atom. The fraction of sp³-hybridized carbons (Fsp3) is 0.333. The van der Waals surface area contributed by atoms with Gasteiger partial charge in [0.15, 0.2) is 5.84 Å². The molecule has 6 heteroatoms. The van der Waals surface area contributed by atoms with Gasteiger partial charge in [0.05, 0.1) is 24.3 Å². The summed E-state index contributed by atoms with van der Waals surface area (Å²) in [7, 11) is 0. The lowest BCUT2D eigenvalue weighted by molar-refractivity contribution is 0.165. The van der Waals surface area contributed by atoms with Gasteiger partial charge in [0.1, 0.15) is 0 Å². The van der Waals surface area contributed by atoms with Gasteiger partial charge in [-0.1, -0.05) is 23.4 Å². The number of fused-ring (bicyclic) bond motifs is 1. The first kappa shape index (κ1) is 13.6. The maximum Gasteiger partial charge on any atom is 0.225 e. The fourth-order valence-electron chi connectivity index (χ4n) is 2.36. The molecule has 3 N–H and O–H groups in total. The van der Waals surface area contributed by atoms with Crippen LogP contribution in [0.5, 0.6) is 5.88 Å². The number of benzene rings is 1. The molecule has 0 spiro atoms. The Labute approximate surface area is 122 Å². The number of rotatable bonds is 4. The lowest BCUT2D eigenvalue weighted by Crippen LogP contribution is -2.18. The van der Waals surface area contributed by atoms with Gasteiger partial charge in [-0.05, 0) is 18.6 Å². The van der Waals surface area contributed by atoms with Crippen LogP contribution in [0.15, 0.2) is 35.5 Å². The Kier molecular flexibility index (Phi) is 3.87. The third kappa shape index (κ3) is 2.90.